The molecule has 4 atom stereocenters. The molecule has 0 amide bonds. The molecule has 4 aliphatic carbocycles. The fourth-order valence-corrected chi connectivity index (χ4v) is 10.8. The minimum absolute atomic E-state index is 0.0132. The van der Waals surface area contributed by atoms with Crippen molar-refractivity contribution < 1.29 is 9.00 Å². The van der Waals surface area contributed by atoms with Crippen LogP contribution in [0.4, 0.5) is 0 Å². The maximum absolute atomic E-state index is 13.8. The standard InChI is InChI=1S/C21H32O2S/c1-19-8-14-9-20(2,11-19)13-21(10-14,12-19)18(22)15-6-16-4-3-5-17(7-15)24(16)23/h14-17H,3-13H2,1-2H3. The third-order valence-corrected chi connectivity index (χ3v) is 10.5. The van der Waals surface area contributed by atoms with Gasteiger partial charge in [0.15, 0.2) is 0 Å². The van der Waals surface area contributed by atoms with Crippen molar-refractivity contribution in [3.8, 4) is 0 Å². The monoisotopic (exact) mass is 348 g/mol. The SMILES string of the molecule is CC12CC3CC(C)(C1)CC(C(=O)C1CC4CCCC(C1)S4=O)(C3)C2. The van der Waals surface area contributed by atoms with Gasteiger partial charge in [-0.25, -0.2) is 0 Å². The van der Waals surface area contributed by atoms with Crippen LogP contribution in [-0.4, -0.2) is 20.5 Å². The lowest BCUT2D eigenvalue weighted by Crippen LogP contribution is -2.59. The van der Waals surface area contributed by atoms with E-state index in [1.807, 2.05) is 0 Å². The average molecular weight is 349 g/mol. The molecule has 134 valence electrons. The Morgan fingerprint density at radius 2 is 1.50 bits per heavy atom. The minimum atomic E-state index is -0.654. The molecule has 2 heterocycles. The van der Waals surface area contributed by atoms with Gasteiger partial charge in [0, 0.05) is 32.6 Å². The van der Waals surface area contributed by atoms with Gasteiger partial charge in [0.05, 0.1) is 0 Å². The Balaban J connectivity index is 1.44. The van der Waals surface area contributed by atoms with Crippen molar-refractivity contribution in [2.75, 3.05) is 0 Å². The lowest BCUT2D eigenvalue weighted by Gasteiger charge is -2.65. The van der Waals surface area contributed by atoms with Gasteiger partial charge in [0.25, 0.3) is 0 Å². The first-order valence-corrected chi connectivity index (χ1v) is 11.5. The highest BCUT2D eigenvalue weighted by Gasteiger charge is 2.63. The van der Waals surface area contributed by atoms with E-state index in [-0.39, 0.29) is 11.3 Å². The first-order chi connectivity index (χ1) is 11.3. The Morgan fingerprint density at radius 1 is 0.917 bits per heavy atom. The van der Waals surface area contributed by atoms with E-state index in [4.69, 9.17) is 0 Å². The molecule has 0 aromatic carbocycles. The Morgan fingerprint density at radius 3 is 2.04 bits per heavy atom. The van der Waals surface area contributed by atoms with Crippen LogP contribution < -0.4 is 0 Å². The molecule has 0 radical (unpaired) electrons. The van der Waals surface area contributed by atoms with Gasteiger partial charge in [-0.1, -0.05) is 20.3 Å². The minimum Gasteiger partial charge on any atom is -0.299 e. The zero-order chi connectivity index (χ0) is 16.7. The zero-order valence-electron chi connectivity index (χ0n) is 15.3. The van der Waals surface area contributed by atoms with Gasteiger partial charge in [-0.2, -0.15) is 0 Å². The Kier molecular flexibility index (Phi) is 3.31. The van der Waals surface area contributed by atoms with Crippen molar-refractivity contribution in [1.29, 1.82) is 0 Å². The summed E-state index contributed by atoms with van der Waals surface area (Å²) in [5.41, 5.74) is 0.815. The number of carbonyl (C=O) groups excluding carboxylic acids is 1. The third-order valence-electron chi connectivity index (χ3n) is 8.32. The molecule has 0 aromatic rings. The number of hydrogen-bond donors (Lipinski definition) is 0. The smallest absolute Gasteiger partial charge is 0.142 e. The highest BCUT2D eigenvalue weighted by atomic mass is 32.2. The summed E-state index contributed by atoms with van der Waals surface area (Å²) in [5, 5.41) is 0.651. The summed E-state index contributed by atoms with van der Waals surface area (Å²) in [6.45, 7) is 4.92. The van der Waals surface area contributed by atoms with E-state index < -0.39 is 10.8 Å². The molecule has 3 heteroatoms. The Labute approximate surface area is 149 Å². The maximum atomic E-state index is 13.8. The zero-order valence-corrected chi connectivity index (χ0v) is 16.1. The van der Waals surface area contributed by atoms with E-state index in [0.29, 0.717) is 27.1 Å². The Hall–Kier alpha value is -0.180. The molecule has 0 aromatic heterocycles. The van der Waals surface area contributed by atoms with Crippen LogP contribution in [0.2, 0.25) is 0 Å². The molecular formula is C21H32O2S. The third kappa shape index (κ3) is 2.25. The van der Waals surface area contributed by atoms with E-state index in [2.05, 4.69) is 13.8 Å². The summed E-state index contributed by atoms with van der Waals surface area (Å²) >= 11 is 0. The van der Waals surface area contributed by atoms with Crippen LogP contribution in [0.3, 0.4) is 0 Å². The highest BCUT2D eigenvalue weighted by molar-refractivity contribution is 7.86. The van der Waals surface area contributed by atoms with Crippen LogP contribution in [-0.2, 0) is 15.6 Å². The fraction of sp³-hybridized carbons (Fsp3) is 0.952. The molecule has 6 bridgehead atoms. The summed E-state index contributed by atoms with van der Waals surface area (Å²) in [5.74, 6) is 1.62. The van der Waals surface area contributed by atoms with Gasteiger partial charge >= 0.3 is 0 Å². The number of hydrogen-bond acceptors (Lipinski definition) is 2. The van der Waals surface area contributed by atoms with Crippen LogP contribution in [0.25, 0.3) is 0 Å². The second-order valence-corrected chi connectivity index (χ2v) is 12.9. The lowest BCUT2D eigenvalue weighted by molar-refractivity contribution is -0.172. The predicted octanol–water partition coefficient (Wildman–Crippen LogP) is 4.63. The van der Waals surface area contributed by atoms with Crippen molar-refractivity contribution in [2.45, 2.75) is 95.0 Å². The molecule has 2 saturated heterocycles. The van der Waals surface area contributed by atoms with E-state index in [1.165, 1.54) is 32.1 Å². The molecule has 4 saturated carbocycles. The molecule has 6 fully saturated rings. The predicted molar refractivity (Wildman–Crippen MR) is 97.1 cm³/mol. The topological polar surface area (TPSA) is 34.1 Å². The van der Waals surface area contributed by atoms with Gasteiger partial charge in [-0.15, -0.1) is 0 Å². The van der Waals surface area contributed by atoms with Gasteiger partial charge in [-0.05, 0) is 81.0 Å². The molecule has 6 rings (SSSR count). The summed E-state index contributed by atoms with van der Waals surface area (Å²) in [4.78, 5) is 13.8. The van der Waals surface area contributed by atoms with E-state index in [9.17, 15) is 9.00 Å². The van der Waals surface area contributed by atoms with Gasteiger partial charge < -0.3 is 0 Å². The lowest BCUT2D eigenvalue weighted by atomic mass is 9.39. The fourth-order valence-electron chi connectivity index (χ4n) is 8.60. The molecular weight excluding hydrogens is 316 g/mol. The van der Waals surface area contributed by atoms with Crippen LogP contribution in [0, 0.1) is 28.1 Å². The first-order valence-electron chi connectivity index (χ1n) is 10.2. The molecule has 4 unspecified atom stereocenters. The number of carbonyl (C=O) groups is 1. The van der Waals surface area contributed by atoms with Crippen molar-refractivity contribution in [3.63, 3.8) is 0 Å². The summed E-state index contributed by atoms with van der Waals surface area (Å²) in [6.07, 6.45) is 12.8. The highest BCUT2D eigenvalue weighted by Crippen LogP contribution is 2.70. The van der Waals surface area contributed by atoms with Crippen LogP contribution >= 0.6 is 0 Å². The summed E-state index contributed by atoms with van der Waals surface area (Å²) in [7, 11) is -0.654. The number of Topliss-reactive ketones (excluding diaryl/α,β-unsaturated/α-hetero) is 1. The molecule has 24 heavy (non-hydrogen) atoms. The number of ketones is 1. The number of rotatable bonds is 2. The van der Waals surface area contributed by atoms with Gasteiger partial charge in [-0.3, -0.25) is 9.00 Å². The van der Waals surface area contributed by atoms with Gasteiger partial charge in [0.1, 0.15) is 5.78 Å². The van der Waals surface area contributed by atoms with Crippen molar-refractivity contribution >= 4 is 16.6 Å². The van der Waals surface area contributed by atoms with E-state index in [1.54, 1.807) is 0 Å². The number of fused-ring (bicyclic) bond motifs is 2. The normalized spacial score (nSPS) is 58.7. The molecule has 2 aliphatic heterocycles. The summed E-state index contributed by atoms with van der Waals surface area (Å²) < 4.78 is 12.5. The molecule has 0 N–H and O–H groups in total. The van der Waals surface area contributed by atoms with Gasteiger partial charge in [0.2, 0.25) is 0 Å². The average Bonchev–Trinajstić information content (AvgIpc) is 2.42. The molecule has 0 spiro atoms. The van der Waals surface area contributed by atoms with Crippen LogP contribution in [0.1, 0.15) is 84.5 Å². The second-order valence-electron chi connectivity index (χ2n) is 10.9. The Bertz CT molecular complexity index is 577. The first kappa shape index (κ1) is 16.0. The van der Waals surface area contributed by atoms with Crippen molar-refractivity contribution in [3.05, 3.63) is 0 Å². The molecule has 2 nitrogen and oxygen atoms in total. The van der Waals surface area contributed by atoms with Crippen LogP contribution in [0.15, 0.2) is 0 Å². The maximum Gasteiger partial charge on any atom is 0.142 e. The largest absolute Gasteiger partial charge is 0.299 e. The van der Waals surface area contributed by atoms with E-state index in [0.717, 1.165) is 44.4 Å². The van der Waals surface area contributed by atoms with Crippen molar-refractivity contribution in [2.24, 2.45) is 28.1 Å². The van der Waals surface area contributed by atoms with Crippen molar-refractivity contribution in [1.82, 2.24) is 0 Å². The van der Waals surface area contributed by atoms with Crippen LogP contribution in [0.5, 0.6) is 0 Å². The quantitative estimate of drug-likeness (QED) is 0.729. The summed E-state index contributed by atoms with van der Waals surface area (Å²) in [6, 6.07) is 0. The van der Waals surface area contributed by atoms with E-state index >= 15 is 0 Å². The molecule has 6 aliphatic rings. The second kappa shape index (κ2) is 4.96.